The van der Waals surface area contributed by atoms with Gasteiger partial charge in [-0.3, -0.25) is 4.79 Å². The minimum absolute atomic E-state index is 0.159. The van der Waals surface area contributed by atoms with E-state index in [1.807, 2.05) is 19.1 Å². The second-order valence-corrected chi connectivity index (χ2v) is 9.14. The maximum atomic E-state index is 12.1. The summed E-state index contributed by atoms with van der Waals surface area (Å²) in [6.45, 7) is 6.17. The summed E-state index contributed by atoms with van der Waals surface area (Å²) in [4.78, 5) is 18.8. The highest BCUT2D eigenvalue weighted by Gasteiger charge is 2.42. The zero-order valence-corrected chi connectivity index (χ0v) is 18.6. The molecule has 4 heterocycles. The van der Waals surface area contributed by atoms with Crippen LogP contribution in [-0.4, -0.2) is 50.7 Å². The fourth-order valence-electron chi connectivity index (χ4n) is 4.46. The van der Waals surface area contributed by atoms with E-state index in [-0.39, 0.29) is 12.5 Å². The van der Waals surface area contributed by atoms with Crippen molar-refractivity contribution < 1.29 is 14.6 Å². The van der Waals surface area contributed by atoms with E-state index in [9.17, 15) is 9.90 Å². The van der Waals surface area contributed by atoms with E-state index in [1.54, 1.807) is 27.9 Å². The Morgan fingerprint density at radius 3 is 2.94 bits per heavy atom. The molecule has 9 heteroatoms. The molecule has 1 saturated heterocycles. The van der Waals surface area contributed by atoms with Crippen molar-refractivity contribution >= 4 is 38.7 Å². The number of fused-ring (bicyclic) bond motifs is 2. The number of β-amino-alcohol motifs (C(OH)–C–C–N with tert-alkyl or cyclic N) is 1. The van der Waals surface area contributed by atoms with Crippen molar-refractivity contribution in [1.82, 2.24) is 19.5 Å². The van der Waals surface area contributed by atoms with Crippen LogP contribution in [-0.2, 0) is 10.4 Å². The first-order chi connectivity index (χ1) is 15.3. The SMILES string of the molecule is C=CC(=O)N1CCC(O)(c2cc(-c3cc4cc(C)cc(OC)c4s3)c3c(N)ncnn23)C1. The van der Waals surface area contributed by atoms with Crippen LogP contribution in [0.2, 0.25) is 0 Å². The van der Waals surface area contributed by atoms with Gasteiger partial charge < -0.3 is 20.5 Å². The van der Waals surface area contributed by atoms with Crippen LogP contribution in [0.3, 0.4) is 0 Å². The molecule has 164 valence electrons. The van der Waals surface area contributed by atoms with Crippen LogP contribution in [0.5, 0.6) is 5.75 Å². The lowest BCUT2D eigenvalue weighted by molar-refractivity contribution is -0.126. The Morgan fingerprint density at radius 1 is 1.38 bits per heavy atom. The van der Waals surface area contributed by atoms with Gasteiger partial charge in [0, 0.05) is 23.4 Å². The molecule has 1 aromatic carbocycles. The number of methoxy groups -OCH3 is 1. The molecular weight excluding hydrogens is 426 g/mol. The molecule has 0 spiro atoms. The molecular formula is C23H23N5O3S. The molecule has 0 radical (unpaired) electrons. The van der Waals surface area contributed by atoms with E-state index in [2.05, 4.69) is 28.8 Å². The molecule has 3 aromatic heterocycles. The van der Waals surface area contributed by atoms with Crippen LogP contribution in [0.15, 0.2) is 43.2 Å². The first-order valence-corrected chi connectivity index (χ1v) is 11.0. The topological polar surface area (TPSA) is 106 Å². The number of aliphatic hydroxyl groups is 1. The van der Waals surface area contributed by atoms with Gasteiger partial charge in [-0.05, 0) is 42.1 Å². The fraction of sp³-hybridized carbons (Fsp3) is 0.261. The number of benzene rings is 1. The standard InChI is InChI=1S/C23H23N5O3S/c1-4-19(29)27-6-5-23(30,11-27)18-10-15(20-22(24)25-12-26-28(18)20)17-9-14-7-13(2)8-16(31-3)21(14)32-17/h4,7-10,12,30H,1,5-6,11H2,2-3H3,(H2,24,25,26). The van der Waals surface area contributed by atoms with Crippen molar-refractivity contribution in [2.24, 2.45) is 0 Å². The molecule has 1 aliphatic heterocycles. The number of anilines is 1. The maximum absolute atomic E-state index is 12.1. The van der Waals surface area contributed by atoms with Gasteiger partial charge in [-0.2, -0.15) is 5.10 Å². The molecule has 0 aliphatic carbocycles. The predicted octanol–water partition coefficient (Wildman–Crippen LogP) is 3.12. The number of amides is 1. The van der Waals surface area contributed by atoms with Gasteiger partial charge in [0.05, 0.1) is 24.0 Å². The molecule has 1 unspecified atom stereocenters. The number of carbonyl (C=O) groups excluding carboxylic acids is 1. The van der Waals surface area contributed by atoms with E-state index in [0.29, 0.717) is 30.0 Å². The Labute approximate surface area is 188 Å². The summed E-state index contributed by atoms with van der Waals surface area (Å²) in [5, 5.41) is 17.0. The summed E-state index contributed by atoms with van der Waals surface area (Å²) >= 11 is 1.59. The van der Waals surface area contributed by atoms with Gasteiger partial charge in [0.1, 0.15) is 23.2 Å². The summed E-state index contributed by atoms with van der Waals surface area (Å²) < 4.78 is 8.27. The number of hydrogen-bond acceptors (Lipinski definition) is 7. The summed E-state index contributed by atoms with van der Waals surface area (Å²) in [6, 6.07) is 8.12. The van der Waals surface area contributed by atoms with Gasteiger partial charge in [-0.15, -0.1) is 11.3 Å². The van der Waals surface area contributed by atoms with Gasteiger partial charge in [0.15, 0.2) is 5.82 Å². The number of nitrogens with two attached hydrogens (primary N) is 1. The largest absolute Gasteiger partial charge is 0.495 e. The third-order valence-corrected chi connectivity index (χ3v) is 7.20. The van der Waals surface area contributed by atoms with Gasteiger partial charge in [-0.25, -0.2) is 9.50 Å². The molecule has 8 nitrogen and oxygen atoms in total. The number of thiophene rings is 1. The maximum Gasteiger partial charge on any atom is 0.246 e. The Morgan fingerprint density at radius 2 is 2.19 bits per heavy atom. The van der Waals surface area contributed by atoms with Gasteiger partial charge in [0.25, 0.3) is 0 Å². The van der Waals surface area contributed by atoms with E-state index < -0.39 is 5.60 Å². The van der Waals surface area contributed by atoms with Crippen LogP contribution < -0.4 is 10.5 Å². The number of likely N-dealkylation sites (tertiary alicyclic amines) is 1. The minimum atomic E-state index is -1.26. The van der Waals surface area contributed by atoms with Crippen molar-refractivity contribution in [3.63, 3.8) is 0 Å². The predicted molar refractivity (Wildman–Crippen MR) is 125 cm³/mol. The van der Waals surface area contributed by atoms with E-state index in [4.69, 9.17) is 10.5 Å². The monoisotopic (exact) mass is 449 g/mol. The van der Waals surface area contributed by atoms with Crippen molar-refractivity contribution in [3.8, 4) is 16.2 Å². The molecule has 1 atom stereocenters. The zero-order chi connectivity index (χ0) is 22.6. The third kappa shape index (κ3) is 3.04. The number of aromatic nitrogens is 3. The van der Waals surface area contributed by atoms with Gasteiger partial charge in [-0.1, -0.05) is 12.6 Å². The summed E-state index contributed by atoms with van der Waals surface area (Å²) in [5.41, 5.74) is 8.16. The zero-order valence-electron chi connectivity index (χ0n) is 17.8. The minimum Gasteiger partial charge on any atom is -0.495 e. The number of ether oxygens (including phenoxy) is 1. The molecule has 0 saturated carbocycles. The molecule has 1 aliphatic rings. The normalized spacial score (nSPS) is 18.5. The van der Waals surface area contributed by atoms with Gasteiger partial charge in [0.2, 0.25) is 5.91 Å². The van der Waals surface area contributed by atoms with E-state index in [0.717, 1.165) is 31.8 Å². The lowest BCUT2D eigenvalue weighted by atomic mass is 9.98. The van der Waals surface area contributed by atoms with E-state index in [1.165, 1.54) is 12.4 Å². The van der Waals surface area contributed by atoms with Crippen molar-refractivity contribution in [2.45, 2.75) is 18.9 Å². The quantitative estimate of drug-likeness (QED) is 0.464. The molecule has 4 aromatic rings. The lowest BCUT2D eigenvalue weighted by Crippen LogP contribution is -2.34. The van der Waals surface area contributed by atoms with Crippen LogP contribution in [0.4, 0.5) is 5.82 Å². The second kappa shape index (κ2) is 7.32. The number of rotatable bonds is 4. The lowest BCUT2D eigenvalue weighted by Gasteiger charge is -2.22. The van der Waals surface area contributed by atoms with Crippen LogP contribution in [0.25, 0.3) is 26.0 Å². The summed E-state index contributed by atoms with van der Waals surface area (Å²) in [7, 11) is 1.66. The molecule has 0 bridgehead atoms. The smallest absolute Gasteiger partial charge is 0.246 e. The summed E-state index contributed by atoms with van der Waals surface area (Å²) in [5.74, 6) is 0.933. The molecule has 1 amide bonds. The number of hydrogen-bond donors (Lipinski definition) is 2. The first kappa shape index (κ1) is 20.5. The highest BCUT2D eigenvalue weighted by molar-refractivity contribution is 7.22. The highest BCUT2D eigenvalue weighted by atomic mass is 32.1. The Bertz CT molecular complexity index is 1390. The highest BCUT2D eigenvalue weighted by Crippen LogP contribution is 2.44. The average molecular weight is 450 g/mol. The number of nitrogens with zero attached hydrogens (tertiary/aromatic N) is 4. The molecule has 3 N–H and O–H groups in total. The van der Waals surface area contributed by atoms with Crippen LogP contribution in [0.1, 0.15) is 17.7 Å². The first-order valence-electron chi connectivity index (χ1n) is 10.2. The average Bonchev–Trinajstić information content (AvgIpc) is 3.48. The third-order valence-electron chi connectivity index (χ3n) is 6.01. The summed E-state index contributed by atoms with van der Waals surface area (Å²) in [6.07, 6.45) is 3.03. The Balaban J connectivity index is 1.70. The molecule has 5 rings (SSSR count). The fourth-order valence-corrected chi connectivity index (χ4v) is 5.61. The van der Waals surface area contributed by atoms with Crippen LogP contribution in [0, 0.1) is 6.92 Å². The molecule has 1 fully saturated rings. The van der Waals surface area contributed by atoms with Gasteiger partial charge >= 0.3 is 0 Å². The second-order valence-electron chi connectivity index (χ2n) is 8.09. The van der Waals surface area contributed by atoms with Crippen molar-refractivity contribution in [2.75, 3.05) is 25.9 Å². The number of nitrogen functional groups attached to an aromatic ring is 1. The Hall–Kier alpha value is -3.43. The van der Waals surface area contributed by atoms with E-state index >= 15 is 0 Å². The van der Waals surface area contributed by atoms with Crippen LogP contribution >= 0.6 is 11.3 Å². The number of aryl methyl sites for hydroxylation is 1. The number of carbonyl (C=O) groups is 1. The molecule has 32 heavy (non-hydrogen) atoms. The Kier molecular flexibility index (Phi) is 4.68. The van der Waals surface area contributed by atoms with Crippen molar-refractivity contribution in [1.29, 1.82) is 0 Å². The van der Waals surface area contributed by atoms with Crippen molar-refractivity contribution in [3.05, 3.63) is 54.5 Å².